The molecule has 0 atom stereocenters. The molecule has 72 valence electrons. The highest BCUT2D eigenvalue weighted by molar-refractivity contribution is 6.03. The zero-order valence-corrected chi connectivity index (χ0v) is 7.57. The number of rotatable bonds is 2. The number of H-pyrrole nitrogens is 1. The molecule has 5 heteroatoms. The maximum atomic E-state index is 11.5. The van der Waals surface area contributed by atoms with Crippen molar-refractivity contribution in [2.75, 3.05) is 5.32 Å². The van der Waals surface area contributed by atoms with E-state index in [2.05, 4.69) is 15.5 Å². The van der Waals surface area contributed by atoms with E-state index in [1.54, 1.807) is 25.3 Å². The van der Waals surface area contributed by atoms with E-state index in [1.165, 1.54) is 6.26 Å². The zero-order chi connectivity index (χ0) is 9.97. The maximum absolute atomic E-state index is 11.5. The summed E-state index contributed by atoms with van der Waals surface area (Å²) in [6.07, 6.45) is 2.98. The summed E-state index contributed by atoms with van der Waals surface area (Å²) in [7, 11) is 0. The summed E-state index contributed by atoms with van der Waals surface area (Å²) < 4.78 is 5.02. The largest absolute Gasteiger partial charge is 0.469 e. The monoisotopic (exact) mass is 191 g/mol. The third kappa shape index (κ3) is 1.66. The van der Waals surface area contributed by atoms with Gasteiger partial charge >= 0.3 is 0 Å². The summed E-state index contributed by atoms with van der Waals surface area (Å²) >= 11 is 0. The first-order valence-corrected chi connectivity index (χ1v) is 4.11. The van der Waals surface area contributed by atoms with Crippen molar-refractivity contribution >= 4 is 11.7 Å². The van der Waals surface area contributed by atoms with Gasteiger partial charge in [-0.2, -0.15) is 5.10 Å². The van der Waals surface area contributed by atoms with Gasteiger partial charge in [0.2, 0.25) is 0 Å². The van der Waals surface area contributed by atoms with E-state index in [0.29, 0.717) is 17.1 Å². The van der Waals surface area contributed by atoms with E-state index in [9.17, 15) is 4.79 Å². The summed E-state index contributed by atoms with van der Waals surface area (Å²) in [6, 6.07) is 3.34. The van der Waals surface area contributed by atoms with E-state index in [-0.39, 0.29) is 5.91 Å². The molecule has 14 heavy (non-hydrogen) atoms. The van der Waals surface area contributed by atoms with Gasteiger partial charge in [0.05, 0.1) is 11.8 Å². The Morgan fingerprint density at radius 3 is 3.07 bits per heavy atom. The average molecular weight is 191 g/mol. The van der Waals surface area contributed by atoms with Crippen LogP contribution in [-0.2, 0) is 0 Å². The van der Waals surface area contributed by atoms with Crippen LogP contribution in [0.5, 0.6) is 0 Å². The Kier molecular flexibility index (Phi) is 2.06. The molecule has 0 bridgehead atoms. The van der Waals surface area contributed by atoms with Crippen LogP contribution in [0.3, 0.4) is 0 Å². The second-order valence-corrected chi connectivity index (χ2v) is 2.87. The predicted octanol–water partition coefficient (Wildman–Crippen LogP) is 1.56. The molecule has 0 spiro atoms. The van der Waals surface area contributed by atoms with Gasteiger partial charge in [-0.15, -0.1) is 0 Å². The van der Waals surface area contributed by atoms with Gasteiger partial charge in [0, 0.05) is 6.07 Å². The first-order valence-electron chi connectivity index (χ1n) is 4.11. The molecular formula is C9H9N3O2. The molecule has 2 rings (SSSR count). The first-order chi connectivity index (χ1) is 6.75. The Hall–Kier alpha value is -2.04. The lowest BCUT2D eigenvalue weighted by molar-refractivity contribution is 0.102. The van der Waals surface area contributed by atoms with Crippen molar-refractivity contribution in [3.8, 4) is 0 Å². The molecule has 0 saturated carbocycles. The number of aromatic amines is 1. The lowest BCUT2D eigenvalue weighted by atomic mass is 10.3. The van der Waals surface area contributed by atoms with Crippen molar-refractivity contribution in [3.05, 3.63) is 35.9 Å². The van der Waals surface area contributed by atoms with Crippen molar-refractivity contribution in [3.63, 3.8) is 0 Å². The third-order valence-corrected chi connectivity index (χ3v) is 1.74. The van der Waals surface area contributed by atoms with Crippen molar-refractivity contribution in [2.24, 2.45) is 0 Å². The van der Waals surface area contributed by atoms with Crippen LogP contribution in [0.1, 0.15) is 16.1 Å². The second kappa shape index (κ2) is 3.37. The number of aryl methyl sites for hydroxylation is 1. The van der Waals surface area contributed by atoms with Crippen LogP contribution in [-0.4, -0.2) is 16.1 Å². The van der Waals surface area contributed by atoms with Crippen LogP contribution in [0.15, 0.2) is 29.0 Å². The SMILES string of the molecule is Cc1cc(C(=O)Nc2ccn[nH]2)co1. The summed E-state index contributed by atoms with van der Waals surface area (Å²) in [4.78, 5) is 11.5. The highest BCUT2D eigenvalue weighted by Crippen LogP contribution is 2.08. The normalized spacial score (nSPS) is 10.1. The fourth-order valence-electron chi connectivity index (χ4n) is 1.08. The molecule has 2 N–H and O–H groups in total. The predicted molar refractivity (Wildman–Crippen MR) is 50.0 cm³/mol. The number of anilines is 1. The number of amides is 1. The van der Waals surface area contributed by atoms with Crippen LogP contribution in [0, 0.1) is 6.92 Å². The fourth-order valence-corrected chi connectivity index (χ4v) is 1.08. The number of nitrogens with zero attached hydrogens (tertiary/aromatic N) is 1. The van der Waals surface area contributed by atoms with Gasteiger partial charge in [0.15, 0.2) is 0 Å². The van der Waals surface area contributed by atoms with E-state index in [0.717, 1.165) is 0 Å². The quantitative estimate of drug-likeness (QED) is 0.756. The minimum atomic E-state index is -0.217. The standard InChI is InChI=1S/C9H9N3O2/c1-6-4-7(5-14-6)9(13)11-8-2-3-10-12-8/h2-5H,1H3,(H2,10,11,12,13). The summed E-state index contributed by atoms with van der Waals surface area (Å²) in [5.74, 6) is 1.06. The summed E-state index contributed by atoms with van der Waals surface area (Å²) in [6.45, 7) is 1.78. The second-order valence-electron chi connectivity index (χ2n) is 2.87. The van der Waals surface area contributed by atoms with E-state index >= 15 is 0 Å². The molecule has 0 unspecified atom stereocenters. The van der Waals surface area contributed by atoms with Gasteiger partial charge in [0.25, 0.3) is 5.91 Å². The maximum Gasteiger partial charge on any atom is 0.260 e. The minimum Gasteiger partial charge on any atom is -0.469 e. The number of furan rings is 1. The molecular weight excluding hydrogens is 182 g/mol. The number of hydrogen-bond acceptors (Lipinski definition) is 3. The van der Waals surface area contributed by atoms with Gasteiger partial charge in [-0.25, -0.2) is 0 Å². The van der Waals surface area contributed by atoms with Crippen molar-refractivity contribution in [2.45, 2.75) is 6.92 Å². The van der Waals surface area contributed by atoms with Crippen LogP contribution in [0.2, 0.25) is 0 Å². The van der Waals surface area contributed by atoms with E-state index in [1.807, 2.05) is 0 Å². The average Bonchev–Trinajstić information content (AvgIpc) is 2.75. The molecule has 0 aromatic carbocycles. The fraction of sp³-hybridized carbons (Fsp3) is 0.111. The van der Waals surface area contributed by atoms with Crippen LogP contribution >= 0.6 is 0 Å². The summed E-state index contributed by atoms with van der Waals surface area (Å²) in [5, 5.41) is 8.98. The molecule has 0 saturated heterocycles. The lowest BCUT2D eigenvalue weighted by Gasteiger charge is -1.97. The molecule has 0 radical (unpaired) electrons. The van der Waals surface area contributed by atoms with Crippen LogP contribution in [0.4, 0.5) is 5.82 Å². The van der Waals surface area contributed by atoms with Gasteiger partial charge in [0.1, 0.15) is 17.8 Å². The lowest BCUT2D eigenvalue weighted by Crippen LogP contribution is -2.10. The molecule has 0 aliphatic heterocycles. The van der Waals surface area contributed by atoms with E-state index < -0.39 is 0 Å². The van der Waals surface area contributed by atoms with Crippen molar-refractivity contribution < 1.29 is 9.21 Å². The number of hydrogen-bond donors (Lipinski definition) is 2. The van der Waals surface area contributed by atoms with Crippen molar-refractivity contribution in [1.29, 1.82) is 0 Å². The number of carbonyl (C=O) groups excluding carboxylic acids is 1. The smallest absolute Gasteiger partial charge is 0.260 e. The zero-order valence-electron chi connectivity index (χ0n) is 7.57. The molecule has 5 nitrogen and oxygen atoms in total. The number of aromatic nitrogens is 2. The first kappa shape index (κ1) is 8.55. The van der Waals surface area contributed by atoms with Gasteiger partial charge < -0.3 is 9.73 Å². The molecule has 0 aliphatic carbocycles. The molecule has 0 fully saturated rings. The van der Waals surface area contributed by atoms with Crippen LogP contribution < -0.4 is 5.32 Å². The van der Waals surface area contributed by atoms with Gasteiger partial charge in [-0.1, -0.05) is 0 Å². The highest BCUT2D eigenvalue weighted by atomic mass is 16.3. The Bertz CT molecular complexity index is 431. The number of carbonyl (C=O) groups is 1. The summed E-state index contributed by atoms with van der Waals surface area (Å²) in [5.41, 5.74) is 0.497. The highest BCUT2D eigenvalue weighted by Gasteiger charge is 2.08. The number of nitrogens with one attached hydrogen (secondary N) is 2. The van der Waals surface area contributed by atoms with E-state index in [4.69, 9.17) is 4.42 Å². The Morgan fingerprint density at radius 1 is 1.64 bits per heavy atom. The molecule has 0 aliphatic rings. The van der Waals surface area contributed by atoms with Gasteiger partial charge in [-0.05, 0) is 13.0 Å². The topological polar surface area (TPSA) is 70.9 Å². The molecule has 2 aromatic rings. The Labute approximate surface area is 80.1 Å². The van der Waals surface area contributed by atoms with Crippen molar-refractivity contribution in [1.82, 2.24) is 10.2 Å². The minimum absolute atomic E-state index is 0.217. The van der Waals surface area contributed by atoms with Gasteiger partial charge in [-0.3, -0.25) is 9.89 Å². The molecule has 2 heterocycles. The Morgan fingerprint density at radius 2 is 2.50 bits per heavy atom. The molecule has 1 amide bonds. The van der Waals surface area contributed by atoms with Crippen LogP contribution in [0.25, 0.3) is 0 Å². The Balaban J connectivity index is 2.10. The third-order valence-electron chi connectivity index (χ3n) is 1.74. The molecule has 2 aromatic heterocycles.